The van der Waals surface area contributed by atoms with Crippen LogP contribution in [0.4, 0.5) is 0 Å². The van der Waals surface area contributed by atoms with Crippen LogP contribution in [0.25, 0.3) is 0 Å². The van der Waals surface area contributed by atoms with Crippen LogP contribution < -0.4 is 5.32 Å². The molecule has 2 heteroatoms. The van der Waals surface area contributed by atoms with Gasteiger partial charge < -0.3 is 0 Å². The van der Waals surface area contributed by atoms with Gasteiger partial charge in [-0.25, -0.2) is 0 Å². The summed E-state index contributed by atoms with van der Waals surface area (Å²) in [5, 5.41) is 3.34. The average Bonchev–Trinajstić information content (AvgIpc) is 1.21. The molecule has 48 valence electrons. The zero-order chi connectivity index (χ0) is 6.78. The van der Waals surface area contributed by atoms with Gasteiger partial charge in [0.15, 0.2) is 0 Å². The quantitative estimate of drug-likeness (QED) is 0.759. The molecule has 0 radical (unpaired) electrons. The predicted molar refractivity (Wildman–Crippen MR) is 33.6 cm³/mol. The third-order valence-electron chi connectivity index (χ3n) is 0.551. The summed E-state index contributed by atoms with van der Waals surface area (Å²) in [6, 6.07) is 0. The van der Waals surface area contributed by atoms with Crippen LogP contribution in [0, 0.1) is 0 Å². The first kappa shape index (κ1) is 8.52. The Labute approximate surface area is 62.3 Å². The fourth-order valence-corrected chi connectivity index (χ4v) is 1.63. The SMILES string of the molecule is C[C](=[W])NC(C)(C)C. The summed E-state index contributed by atoms with van der Waals surface area (Å²) in [7, 11) is 0. The van der Waals surface area contributed by atoms with Gasteiger partial charge in [0.25, 0.3) is 0 Å². The Bertz CT molecular complexity index is 91.2. The molecule has 0 aliphatic rings. The van der Waals surface area contributed by atoms with E-state index in [4.69, 9.17) is 0 Å². The first-order chi connectivity index (χ1) is 3.42. The standard InChI is InChI=1S/C6H13N.W/c1-5-7-6(2,3)4;/h7H,1-4H3;. The monoisotopic (exact) mass is 283 g/mol. The molecule has 0 aliphatic carbocycles. The number of rotatable bonds is 1. The maximum atomic E-state index is 3.34. The van der Waals surface area contributed by atoms with Crippen LogP contribution >= 0.6 is 0 Å². The normalized spacial score (nSPS) is 11.5. The van der Waals surface area contributed by atoms with E-state index in [2.05, 4.69) is 33.0 Å². The number of hydrogen-bond acceptors (Lipinski definition) is 1. The third-order valence-corrected chi connectivity index (χ3v) is 0.918. The molecule has 0 unspecified atom stereocenters. The van der Waals surface area contributed by atoms with Crippen molar-refractivity contribution in [2.75, 3.05) is 0 Å². The van der Waals surface area contributed by atoms with Crippen molar-refractivity contribution in [1.82, 2.24) is 5.32 Å². The van der Waals surface area contributed by atoms with Gasteiger partial charge in [0.2, 0.25) is 0 Å². The van der Waals surface area contributed by atoms with Gasteiger partial charge in [0, 0.05) is 0 Å². The molecule has 0 aromatic rings. The van der Waals surface area contributed by atoms with Crippen molar-refractivity contribution in [2.45, 2.75) is 33.2 Å². The molecule has 0 aromatic carbocycles. The Morgan fingerprint density at radius 3 is 1.75 bits per heavy atom. The molecule has 0 heterocycles. The van der Waals surface area contributed by atoms with Crippen molar-refractivity contribution in [3.63, 3.8) is 0 Å². The minimum absolute atomic E-state index is 0.256. The van der Waals surface area contributed by atoms with Crippen molar-refractivity contribution in [2.24, 2.45) is 0 Å². The molecule has 0 aromatic heterocycles. The molecule has 1 N–H and O–H groups in total. The zero-order valence-corrected chi connectivity index (χ0v) is 8.84. The van der Waals surface area contributed by atoms with Gasteiger partial charge in [-0.1, -0.05) is 0 Å². The fraction of sp³-hybridized carbons (Fsp3) is 0.833. The van der Waals surface area contributed by atoms with E-state index in [1.165, 1.54) is 23.4 Å². The fourth-order valence-electron chi connectivity index (χ4n) is 0.528. The Morgan fingerprint density at radius 2 is 1.75 bits per heavy atom. The van der Waals surface area contributed by atoms with Gasteiger partial charge in [0.05, 0.1) is 0 Å². The molecule has 0 saturated heterocycles. The summed E-state index contributed by atoms with van der Waals surface area (Å²) in [6.45, 7) is 8.61. The number of hydrogen-bond donors (Lipinski definition) is 1. The van der Waals surface area contributed by atoms with E-state index < -0.39 is 0 Å². The second-order valence-electron chi connectivity index (χ2n) is 2.93. The zero-order valence-electron chi connectivity index (χ0n) is 5.91. The van der Waals surface area contributed by atoms with Crippen molar-refractivity contribution < 1.29 is 19.4 Å². The van der Waals surface area contributed by atoms with Gasteiger partial charge in [-0.2, -0.15) is 0 Å². The first-order valence-electron chi connectivity index (χ1n) is 2.70. The molecule has 0 fully saturated rings. The summed E-state index contributed by atoms with van der Waals surface area (Å²) < 4.78 is 1.36. The Kier molecular flexibility index (Phi) is 3.07. The van der Waals surface area contributed by atoms with E-state index in [0.717, 1.165) is 0 Å². The molecular formula is C6H13NW. The molecule has 0 aliphatic heterocycles. The number of nitrogens with one attached hydrogen (secondary N) is 1. The summed E-state index contributed by atoms with van der Waals surface area (Å²) in [5.41, 5.74) is 0.256. The third kappa shape index (κ3) is 6.52. The van der Waals surface area contributed by atoms with Crippen molar-refractivity contribution in [3.8, 4) is 0 Å². The van der Waals surface area contributed by atoms with Gasteiger partial charge in [-0.15, -0.1) is 0 Å². The topological polar surface area (TPSA) is 12.0 Å². The summed E-state index contributed by atoms with van der Waals surface area (Å²) in [4.78, 5) is 0. The van der Waals surface area contributed by atoms with E-state index in [1.54, 1.807) is 0 Å². The second kappa shape index (κ2) is 2.89. The Hall–Kier alpha value is 0.518. The van der Waals surface area contributed by atoms with E-state index in [0.29, 0.717) is 0 Å². The second-order valence-corrected chi connectivity index (χ2v) is 5.13. The molecule has 0 saturated carbocycles. The Balaban J connectivity index is 3.55. The molecular weight excluding hydrogens is 270 g/mol. The molecule has 0 spiro atoms. The van der Waals surface area contributed by atoms with Crippen molar-refractivity contribution in [1.29, 1.82) is 0 Å². The van der Waals surface area contributed by atoms with E-state index >= 15 is 0 Å². The van der Waals surface area contributed by atoms with Gasteiger partial charge in [0.1, 0.15) is 0 Å². The van der Waals surface area contributed by atoms with Crippen LogP contribution in [-0.2, 0) is 19.4 Å². The minimum atomic E-state index is 0.256. The van der Waals surface area contributed by atoms with Gasteiger partial charge in [-0.3, -0.25) is 0 Å². The van der Waals surface area contributed by atoms with Crippen molar-refractivity contribution in [3.05, 3.63) is 0 Å². The van der Waals surface area contributed by atoms with Gasteiger partial charge >= 0.3 is 61.9 Å². The maximum absolute atomic E-state index is 3.34. The molecule has 0 rings (SSSR count). The van der Waals surface area contributed by atoms with Crippen LogP contribution in [0.3, 0.4) is 0 Å². The summed E-state index contributed by atoms with van der Waals surface area (Å²) in [6.07, 6.45) is 0. The van der Waals surface area contributed by atoms with Crippen LogP contribution in [-0.4, -0.2) is 9.56 Å². The van der Waals surface area contributed by atoms with Gasteiger partial charge in [-0.05, 0) is 0 Å². The first-order valence-corrected chi connectivity index (χ1v) is 4.17. The van der Waals surface area contributed by atoms with E-state index in [9.17, 15) is 0 Å². The molecule has 8 heavy (non-hydrogen) atoms. The van der Waals surface area contributed by atoms with Crippen LogP contribution in [0.2, 0.25) is 0 Å². The van der Waals surface area contributed by atoms with Crippen LogP contribution in [0.5, 0.6) is 0 Å². The van der Waals surface area contributed by atoms with Crippen LogP contribution in [0.15, 0.2) is 0 Å². The summed E-state index contributed by atoms with van der Waals surface area (Å²) in [5.74, 6) is 0. The molecule has 0 bridgehead atoms. The Morgan fingerprint density at radius 1 is 1.38 bits per heavy atom. The molecule has 1 nitrogen and oxygen atoms in total. The predicted octanol–water partition coefficient (Wildman–Crippen LogP) is 1.07. The van der Waals surface area contributed by atoms with Crippen LogP contribution in [0.1, 0.15) is 27.7 Å². The van der Waals surface area contributed by atoms with E-state index in [1.807, 2.05) is 0 Å². The summed E-state index contributed by atoms with van der Waals surface area (Å²) >= 11 is 1.52. The molecule has 0 atom stereocenters. The van der Waals surface area contributed by atoms with E-state index in [-0.39, 0.29) is 5.54 Å². The van der Waals surface area contributed by atoms with Crippen molar-refractivity contribution >= 4 is 4.02 Å². The average molecular weight is 283 g/mol. The molecule has 0 amide bonds.